The molecule has 0 bridgehead atoms. The number of methoxy groups -OCH3 is 1. The number of alkyl halides is 3. The highest BCUT2D eigenvalue weighted by Gasteiger charge is 2.15. The molecule has 0 spiro atoms. The van der Waals surface area contributed by atoms with Crippen molar-refractivity contribution in [1.29, 1.82) is 0 Å². The summed E-state index contributed by atoms with van der Waals surface area (Å²) >= 11 is 6.06. The molecule has 0 saturated carbocycles. The average Bonchev–Trinajstić information content (AvgIpc) is 2.34. The van der Waals surface area contributed by atoms with Crippen molar-refractivity contribution in [2.75, 3.05) is 20.3 Å². The van der Waals surface area contributed by atoms with Crippen molar-refractivity contribution < 1.29 is 22.6 Å². The van der Waals surface area contributed by atoms with E-state index in [4.69, 9.17) is 21.1 Å². The number of rotatable bonds is 7. The van der Waals surface area contributed by atoms with Crippen molar-refractivity contribution in [3.63, 3.8) is 0 Å². The summed E-state index contributed by atoms with van der Waals surface area (Å²) < 4.78 is 46.5. The zero-order valence-electron chi connectivity index (χ0n) is 9.84. The van der Waals surface area contributed by atoms with Crippen LogP contribution < -0.4 is 4.74 Å². The third kappa shape index (κ3) is 4.74. The van der Waals surface area contributed by atoms with Crippen molar-refractivity contribution in [3.8, 4) is 5.75 Å². The van der Waals surface area contributed by atoms with E-state index in [2.05, 4.69) is 0 Å². The maximum Gasteiger partial charge on any atom is 0.261 e. The van der Waals surface area contributed by atoms with Gasteiger partial charge in [-0.1, -0.05) is 0 Å². The summed E-state index contributed by atoms with van der Waals surface area (Å²) in [6.07, 6.45) is -2.20. The molecule has 102 valence electrons. The Kier molecular flexibility index (Phi) is 6.29. The Morgan fingerprint density at radius 1 is 1.33 bits per heavy atom. The SMILES string of the molecule is COc1ccc(F)cc1C(Cl)CCOCC(F)F. The summed E-state index contributed by atoms with van der Waals surface area (Å²) in [7, 11) is 1.45. The predicted molar refractivity (Wildman–Crippen MR) is 63.0 cm³/mol. The van der Waals surface area contributed by atoms with Gasteiger partial charge in [-0.2, -0.15) is 0 Å². The van der Waals surface area contributed by atoms with E-state index >= 15 is 0 Å². The molecule has 0 aliphatic carbocycles. The number of hydrogen-bond acceptors (Lipinski definition) is 2. The summed E-state index contributed by atoms with van der Waals surface area (Å²) in [5.74, 6) is 0.0372. The van der Waals surface area contributed by atoms with E-state index in [1.54, 1.807) is 0 Å². The molecule has 1 unspecified atom stereocenters. The van der Waals surface area contributed by atoms with Crippen LogP contribution in [0.25, 0.3) is 0 Å². The third-order valence-corrected chi connectivity index (χ3v) is 2.74. The molecule has 1 aromatic carbocycles. The lowest BCUT2D eigenvalue weighted by Gasteiger charge is -2.14. The molecule has 0 heterocycles. The summed E-state index contributed by atoms with van der Waals surface area (Å²) in [5.41, 5.74) is 0.486. The first kappa shape index (κ1) is 15.1. The normalized spacial score (nSPS) is 12.8. The first-order valence-corrected chi connectivity index (χ1v) is 5.81. The summed E-state index contributed by atoms with van der Waals surface area (Å²) in [5, 5.41) is -0.548. The van der Waals surface area contributed by atoms with Crippen LogP contribution >= 0.6 is 11.6 Å². The van der Waals surface area contributed by atoms with Crippen LogP contribution in [0.1, 0.15) is 17.4 Å². The maximum absolute atomic E-state index is 13.1. The Balaban J connectivity index is 2.55. The van der Waals surface area contributed by atoms with E-state index in [-0.39, 0.29) is 6.61 Å². The smallest absolute Gasteiger partial charge is 0.261 e. The molecule has 1 atom stereocenters. The fourth-order valence-electron chi connectivity index (χ4n) is 1.46. The Morgan fingerprint density at radius 3 is 2.67 bits per heavy atom. The molecule has 0 saturated heterocycles. The third-order valence-electron chi connectivity index (χ3n) is 2.29. The van der Waals surface area contributed by atoms with Crippen molar-refractivity contribution >= 4 is 11.6 Å². The molecule has 1 rings (SSSR count). The highest BCUT2D eigenvalue weighted by atomic mass is 35.5. The van der Waals surface area contributed by atoms with E-state index in [9.17, 15) is 13.2 Å². The highest BCUT2D eigenvalue weighted by molar-refractivity contribution is 6.21. The molecule has 0 aromatic heterocycles. The lowest BCUT2D eigenvalue weighted by Crippen LogP contribution is -2.07. The van der Waals surface area contributed by atoms with Crippen LogP contribution in [-0.2, 0) is 4.74 Å². The molecule has 0 fully saturated rings. The fraction of sp³-hybridized carbons (Fsp3) is 0.500. The minimum Gasteiger partial charge on any atom is -0.496 e. The zero-order chi connectivity index (χ0) is 13.5. The lowest BCUT2D eigenvalue weighted by atomic mass is 10.1. The molecule has 18 heavy (non-hydrogen) atoms. The van der Waals surface area contributed by atoms with Crippen LogP contribution in [0.5, 0.6) is 5.75 Å². The second-order valence-corrected chi connectivity index (χ2v) is 4.14. The van der Waals surface area contributed by atoms with Crippen LogP contribution in [0.15, 0.2) is 18.2 Å². The summed E-state index contributed by atoms with van der Waals surface area (Å²) in [4.78, 5) is 0. The highest BCUT2D eigenvalue weighted by Crippen LogP contribution is 2.32. The van der Waals surface area contributed by atoms with Crippen LogP contribution in [0.2, 0.25) is 0 Å². The molecule has 6 heteroatoms. The topological polar surface area (TPSA) is 18.5 Å². The van der Waals surface area contributed by atoms with Crippen LogP contribution in [-0.4, -0.2) is 26.7 Å². The van der Waals surface area contributed by atoms with E-state index < -0.39 is 24.2 Å². The molecule has 1 aromatic rings. The molecule has 0 amide bonds. The van der Waals surface area contributed by atoms with Gasteiger partial charge in [-0.3, -0.25) is 0 Å². The number of hydrogen-bond donors (Lipinski definition) is 0. The maximum atomic E-state index is 13.1. The van der Waals surface area contributed by atoms with Gasteiger partial charge in [0.25, 0.3) is 6.43 Å². The van der Waals surface area contributed by atoms with Crippen molar-refractivity contribution in [1.82, 2.24) is 0 Å². The minimum atomic E-state index is -2.50. The molecule has 0 N–H and O–H groups in total. The minimum absolute atomic E-state index is 0.0815. The quantitative estimate of drug-likeness (QED) is 0.560. The number of ether oxygens (including phenoxy) is 2. The lowest BCUT2D eigenvalue weighted by molar-refractivity contribution is 0.0165. The van der Waals surface area contributed by atoms with Crippen molar-refractivity contribution in [3.05, 3.63) is 29.6 Å². The standard InChI is InChI=1S/C12H14ClF3O2/c1-17-11-3-2-8(14)6-9(11)10(13)4-5-18-7-12(15)16/h2-3,6,10,12H,4-5,7H2,1H3. The van der Waals surface area contributed by atoms with Gasteiger partial charge < -0.3 is 9.47 Å². The molecule has 0 aliphatic heterocycles. The van der Waals surface area contributed by atoms with Crippen molar-refractivity contribution in [2.24, 2.45) is 0 Å². The summed E-state index contributed by atoms with van der Waals surface area (Å²) in [6.45, 7) is -0.540. The van der Waals surface area contributed by atoms with Gasteiger partial charge in [-0.25, -0.2) is 13.2 Å². The summed E-state index contributed by atoms with van der Waals surface area (Å²) in [6, 6.07) is 4.00. The van der Waals surface area contributed by atoms with Crippen LogP contribution in [0, 0.1) is 5.82 Å². The van der Waals surface area contributed by atoms with Gasteiger partial charge in [0.05, 0.1) is 12.5 Å². The second kappa shape index (κ2) is 7.48. The molecule has 2 nitrogen and oxygen atoms in total. The average molecular weight is 283 g/mol. The van der Waals surface area contributed by atoms with E-state index in [1.165, 1.54) is 25.3 Å². The van der Waals surface area contributed by atoms with Crippen LogP contribution in [0.4, 0.5) is 13.2 Å². The molecular formula is C12H14ClF3O2. The van der Waals surface area contributed by atoms with Crippen LogP contribution in [0.3, 0.4) is 0 Å². The largest absolute Gasteiger partial charge is 0.496 e. The van der Waals surface area contributed by atoms with Gasteiger partial charge >= 0.3 is 0 Å². The van der Waals surface area contributed by atoms with Gasteiger partial charge in [0.2, 0.25) is 0 Å². The molecular weight excluding hydrogens is 269 g/mol. The monoisotopic (exact) mass is 282 g/mol. The van der Waals surface area contributed by atoms with E-state index in [0.29, 0.717) is 17.7 Å². The second-order valence-electron chi connectivity index (χ2n) is 3.61. The van der Waals surface area contributed by atoms with E-state index in [0.717, 1.165) is 0 Å². The Labute approximate surface area is 109 Å². The number of halogens is 4. The number of benzene rings is 1. The fourth-order valence-corrected chi connectivity index (χ4v) is 1.72. The van der Waals surface area contributed by atoms with Crippen molar-refractivity contribution in [2.45, 2.75) is 18.2 Å². The predicted octanol–water partition coefficient (Wildman–Crippen LogP) is 3.79. The van der Waals surface area contributed by atoms with Gasteiger partial charge in [0, 0.05) is 12.2 Å². The Bertz CT molecular complexity index is 374. The first-order chi connectivity index (χ1) is 8.54. The van der Waals surface area contributed by atoms with E-state index in [1.807, 2.05) is 0 Å². The molecule has 0 aliphatic rings. The van der Waals surface area contributed by atoms with Gasteiger partial charge in [0.1, 0.15) is 18.2 Å². The molecule has 0 radical (unpaired) electrons. The van der Waals surface area contributed by atoms with Gasteiger partial charge in [-0.15, -0.1) is 11.6 Å². The Hall–Kier alpha value is -0.940. The zero-order valence-corrected chi connectivity index (χ0v) is 10.6. The van der Waals surface area contributed by atoms with Gasteiger partial charge in [0.15, 0.2) is 0 Å². The van der Waals surface area contributed by atoms with Gasteiger partial charge in [-0.05, 0) is 24.6 Å². The Morgan fingerprint density at radius 2 is 2.06 bits per heavy atom. The first-order valence-electron chi connectivity index (χ1n) is 5.38.